The highest BCUT2D eigenvalue weighted by molar-refractivity contribution is 5.29. The van der Waals surface area contributed by atoms with E-state index in [-0.39, 0.29) is 12.1 Å². The molecule has 0 aliphatic carbocycles. The Balaban J connectivity index is 3.11. The van der Waals surface area contributed by atoms with Gasteiger partial charge in [-0.15, -0.1) is 0 Å². The van der Waals surface area contributed by atoms with Crippen molar-refractivity contribution >= 4 is 0 Å². The van der Waals surface area contributed by atoms with Crippen LogP contribution in [0.2, 0.25) is 0 Å². The molecule has 1 rings (SSSR count). The topological polar surface area (TPSA) is 12.0 Å². The Hall–Kier alpha value is -1.24. The van der Waals surface area contributed by atoms with E-state index >= 15 is 0 Å². The minimum atomic E-state index is -4.91. The smallest absolute Gasteiger partial charge is 0.305 e. The summed E-state index contributed by atoms with van der Waals surface area (Å²) < 4.78 is 76.1. The Morgan fingerprint density at radius 3 is 2.32 bits per heavy atom. The second kappa shape index (κ2) is 6.27. The van der Waals surface area contributed by atoms with Gasteiger partial charge in [-0.25, -0.2) is 13.2 Å². The summed E-state index contributed by atoms with van der Waals surface area (Å²) in [6, 6.07) is 0.377. The number of hydrogen-bond donors (Lipinski definition) is 1. The maximum Gasteiger partial charge on any atom is 0.419 e. The van der Waals surface area contributed by atoms with Crippen molar-refractivity contribution in [3.8, 4) is 0 Å². The summed E-state index contributed by atoms with van der Waals surface area (Å²) >= 11 is 0. The van der Waals surface area contributed by atoms with E-state index in [9.17, 15) is 26.3 Å². The third-order valence-electron chi connectivity index (χ3n) is 2.52. The molecular weight excluding hydrogens is 272 g/mol. The van der Waals surface area contributed by atoms with Crippen molar-refractivity contribution in [1.82, 2.24) is 5.32 Å². The molecule has 0 saturated carbocycles. The Morgan fingerprint density at radius 2 is 1.84 bits per heavy atom. The average molecular weight is 285 g/mol. The average Bonchev–Trinajstić information content (AvgIpc) is 2.29. The van der Waals surface area contributed by atoms with Crippen molar-refractivity contribution in [2.75, 3.05) is 6.54 Å². The minimum absolute atomic E-state index is 0.230. The van der Waals surface area contributed by atoms with Gasteiger partial charge < -0.3 is 5.32 Å². The number of hydrogen-bond acceptors (Lipinski definition) is 1. The molecule has 1 aromatic rings. The molecule has 1 N–H and O–H groups in total. The molecule has 0 aliphatic heterocycles. The molecular formula is C12H13F6N. The fourth-order valence-corrected chi connectivity index (χ4v) is 1.61. The lowest BCUT2D eigenvalue weighted by atomic mass is 10.0. The normalized spacial score (nSPS) is 13.9. The van der Waals surface area contributed by atoms with Crippen molar-refractivity contribution in [2.45, 2.75) is 32.0 Å². The number of benzene rings is 1. The lowest BCUT2D eigenvalue weighted by molar-refractivity contribution is -0.140. The Bertz CT molecular complexity index is 415. The zero-order chi connectivity index (χ0) is 14.6. The van der Waals surface area contributed by atoms with Crippen LogP contribution in [0.5, 0.6) is 0 Å². The van der Waals surface area contributed by atoms with Crippen LogP contribution >= 0.6 is 0 Å². The molecule has 0 amide bonds. The van der Waals surface area contributed by atoms with E-state index in [0.29, 0.717) is 18.6 Å². The molecule has 1 unspecified atom stereocenters. The largest absolute Gasteiger partial charge is 0.419 e. The molecule has 0 bridgehead atoms. The summed E-state index contributed by atoms with van der Waals surface area (Å²) in [5.74, 6) is -1.47. The first-order valence-corrected chi connectivity index (χ1v) is 5.65. The first kappa shape index (κ1) is 15.8. The van der Waals surface area contributed by atoms with Crippen LogP contribution in [0.1, 0.15) is 30.5 Å². The van der Waals surface area contributed by atoms with E-state index in [1.165, 1.54) is 0 Å². The predicted octanol–water partition coefficient (Wildman–Crippen LogP) is 4.15. The maximum absolute atomic E-state index is 13.1. The van der Waals surface area contributed by atoms with Gasteiger partial charge in [0.25, 0.3) is 6.43 Å². The van der Waals surface area contributed by atoms with Crippen molar-refractivity contribution in [1.29, 1.82) is 0 Å². The third kappa shape index (κ3) is 4.12. The number of halogens is 6. The van der Waals surface area contributed by atoms with Gasteiger partial charge in [0.05, 0.1) is 11.6 Å². The van der Waals surface area contributed by atoms with Gasteiger partial charge in [0.1, 0.15) is 5.82 Å². The van der Waals surface area contributed by atoms with Gasteiger partial charge in [-0.1, -0.05) is 13.0 Å². The second-order valence-electron chi connectivity index (χ2n) is 4.00. The molecule has 0 aromatic heterocycles. The third-order valence-corrected chi connectivity index (χ3v) is 2.52. The Kier molecular flexibility index (Phi) is 5.22. The zero-order valence-corrected chi connectivity index (χ0v) is 10.1. The van der Waals surface area contributed by atoms with Gasteiger partial charge in [-0.05, 0) is 30.7 Å². The first-order valence-electron chi connectivity index (χ1n) is 5.65. The predicted molar refractivity (Wildman–Crippen MR) is 58.4 cm³/mol. The van der Waals surface area contributed by atoms with Gasteiger partial charge in [0.15, 0.2) is 0 Å². The molecule has 0 fully saturated rings. The molecule has 0 heterocycles. The van der Waals surface area contributed by atoms with Crippen molar-refractivity contribution < 1.29 is 26.3 Å². The minimum Gasteiger partial charge on any atom is -0.305 e. The first-order chi connectivity index (χ1) is 8.77. The summed E-state index contributed by atoms with van der Waals surface area (Å²) in [4.78, 5) is 0. The fraction of sp³-hybridized carbons (Fsp3) is 0.500. The summed E-state index contributed by atoms with van der Waals surface area (Å²) in [6.07, 6.45) is -7.23. The van der Waals surface area contributed by atoms with Crippen LogP contribution in [0.4, 0.5) is 26.3 Å². The highest BCUT2D eigenvalue weighted by Crippen LogP contribution is 2.33. The standard InChI is InChI=1S/C12H13F6N/c1-2-5-19-10(11(14)15)7-3-4-9(13)8(6-7)12(16,17)18/h3-4,6,10-11,19H,2,5H2,1H3. The van der Waals surface area contributed by atoms with E-state index in [1.54, 1.807) is 6.92 Å². The van der Waals surface area contributed by atoms with E-state index in [0.717, 1.165) is 6.07 Å². The van der Waals surface area contributed by atoms with Gasteiger partial charge in [-0.2, -0.15) is 13.2 Å². The lowest BCUT2D eigenvalue weighted by Crippen LogP contribution is -2.28. The van der Waals surface area contributed by atoms with Crippen molar-refractivity contribution in [3.05, 3.63) is 35.1 Å². The van der Waals surface area contributed by atoms with Gasteiger partial charge >= 0.3 is 6.18 Å². The molecule has 0 spiro atoms. The summed E-state index contributed by atoms with van der Waals surface area (Å²) in [7, 11) is 0. The highest BCUT2D eigenvalue weighted by Gasteiger charge is 2.35. The fourth-order valence-electron chi connectivity index (χ4n) is 1.61. The number of alkyl halides is 5. The van der Waals surface area contributed by atoms with E-state index in [1.807, 2.05) is 0 Å². The molecule has 0 radical (unpaired) electrons. The maximum atomic E-state index is 13.1. The van der Waals surface area contributed by atoms with Crippen LogP contribution in [-0.2, 0) is 6.18 Å². The van der Waals surface area contributed by atoms with Crippen LogP contribution in [0.15, 0.2) is 18.2 Å². The van der Waals surface area contributed by atoms with Gasteiger partial charge in [0.2, 0.25) is 0 Å². The molecule has 1 aromatic carbocycles. The van der Waals surface area contributed by atoms with Crippen LogP contribution < -0.4 is 5.32 Å². The Morgan fingerprint density at radius 1 is 1.21 bits per heavy atom. The Labute approximate surface area is 106 Å². The number of nitrogens with one attached hydrogen (secondary N) is 1. The molecule has 19 heavy (non-hydrogen) atoms. The van der Waals surface area contributed by atoms with Crippen LogP contribution in [-0.4, -0.2) is 13.0 Å². The van der Waals surface area contributed by atoms with E-state index < -0.39 is 30.0 Å². The summed E-state index contributed by atoms with van der Waals surface area (Å²) in [5.41, 5.74) is -1.81. The summed E-state index contributed by atoms with van der Waals surface area (Å²) in [6.45, 7) is 1.97. The molecule has 7 heteroatoms. The van der Waals surface area contributed by atoms with Crippen molar-refractivity contribution in [3.63, 3.8) is 0 Å². The zero-order valence-electron chi connectivity index (χ0n) is 10.1. The monoisotopic (exact) mass is 285 g/mol. The molecule has 1 nitrogen and oxygen atoms in total. The second-order valence-corrected chi connectivity index (χ2v) is 4.00. The van der Waals surface area contributed by atoms with Crippen LogP contribution in [0.25, 0.3) is 0 Å². The van der Waals surface area contributed by atoms with Crippen LogP contribution in [0.3, 0.4) is 0 Å². The quantitative estimate of drug-likeness (QED) is 0.801. The van der Waals surface area contributed by atoms with Gasteiger partial charge in [-0.3, -0.25) is 0 Å². The summed E-state index contributed by atoms with van der Waals surface area (Å²) in [5, 5.41) is 2.44. The lowest BCUT2D eigenvalue weighted by Gasteiger charge is -2.19. The number of rotatable bonds is 5. The van der Waals surface area contributed by atoms with Crippen molar-refractivity contribution in [2.24, 2.45) is 0 Å². The molecule has 0 saturated heterocycles. The molecule has 108 valence electrons. The van der Waals surface area contributed by atoms with E-state index in [4.69, 9.17) is 0 Å². The molecule has 0 aliphatic rings. The SMILES string of the molecule is CCCNC(c1ccc(F)c(C(F)(F)F)c1)C(F)F. The van der Waals surface area contributed by atoms with E-state index in [2.05, 4.69) is 5.32 Å². The van der Waals surface area contributed by atoms with Crippen LogP contribution in [0, 0.1) is 5.82 Å². The highest BCUT2D eigenvalue weighted by atomic mass is 19.4. The molecule has 1 atom stereocenters. The van der Waals surface area contributed by atoms with Gasteiger partial charge in [0, 0.05) is 0 Å².